The minimum absolute atomic E-state index is 0.0153. The summed E-state index contributed by atoms with van der Waals surface area (Å²) in [7, 11) is 1.66. The van der Waals surface area contributed by atoms with Crippen molar-refractivity contribution in [1.29, 1.82) is 0 Å². The molecule has 7 heteroatoms. The zero-order chi connectivity index (χ0) is 20.6. The number of aromatic hydroxyl groups is 2. The van der Waals surface area contributed by atoms with Gasteiger partial charge in [-0.1, -0.05) is 42.5 Å². The fraction of sp³-hybridized carbons (Fsp3) is 0.0455. The molecule has 1 heterocycles. The van der Waals surface area contributed by atoms with Crippen LogP contribution >= 0.6 is 0 Å². The van der Waals surface area contributed by atoms with Gasteiger partial charge in [0, 0.05) is 0 Å². The fourth-order valence-electron chi connectivity index (χ4n) is 2.52. The number of nitrogen functional groups attached to an aromatic ring is 1. The van der Waals surface area contributed by atoms with Crippen molar-refractivity contribution in [3.8, 4) is 40.0 Å². The number of hydrogen-bond donors (Lipinski definition) is 3. The first kappa shape index (κ1) is 19.6. The fourth-order valence-corrected chi connectivity index (χ4v) is 2.52. The Bertz CT molecular complexity index is 1020. The molecule has 0 atom stereocenters. The van der Waals surface area contributed by atoms with Gasteiger partial charge < -0.3 is 20.7 Å². The lowest BCUT2D eigenvalue weighted by Gasteiger charge is -2.07. The molecule has 0 aliphatic rings. The van der Waals surface area contributed by atoms with Gasteiger partial charge in [0.15, 0.2) is 11.6 Å². The van der Waals surface area contributed by atoms with Gasteiger partial charge in [0.05, 0.1) is 18.2 Å². The first-order valence-electron chi connectivity index (χ1n) is 8.76. The van der Waals surface area contributed by atoms with Crippen LogP contribution in [0.25, 0.3) is 22.8 Å². The van der Waals surface area contributed by atoms with Crippen molar-refractivity contribution in [2.24, 2.45) is 0 Å². The quantitative estimate of drug-likeness (QED) is 0.488. The van der Waals surface area contributed by atoms with Gasteiger partial charge in [-0.2, -0.15) is 9.97 Å². The summed E-state index contributed by atoms with van der Waals surface area (Å²) in [5.41, 5.74) is 6.60. The first-order chi connectivity index (χ1) is 14.1. The standard InChI is InChI=1S/C15H12N4O2.C7H8O/c16-15-18-13(9-5-1-3-7-11(9)20)17-14(19-15)10-6-2-4-8-12(10)21;1-8-7-5-3-2-4-6-7/h1-8,20-21H,(H2,16,17,18,19);2-6H,1H3. The van der Waals surface area contributed by atoms with E-state index in [1.807, 2.05) is 30.3 Å². The summed E-state index contributed by atoms with van der Waals surface area (Å²) in [6.07, 6.45) is 0. The molecule has 4 aromatic rings. The molecule has 0 radical (unpaired) electrons. The third-order valence-electron chi connectivity index (χ3n) is 3.92. The number of phenolic OH excluding ortho intramolecular Hbond substituents is 2. The molecule has 3 aromatic carbocycles. The third kappa shape index (κ3) is 4.98. The second-order valence-corrected chi connectivity index (χ2v) is 5.89. The summed E-state index contributed by atoms with van der Waals surface area (Å²) < 4.78 is 4.91. The molecule has 0 bridgehead atoms. The van der Waals surface area contributed by atoms with Crippen molar-refractivity contribution in [2.45, 2.75) is 0 Å². The van der Waals surface area contributed by atoms with E-state index in [1.165, 1.54) is 12.1 Å². The van der Waals surface area contributed by atoms with E-state index in [1.54, 1.807) is 43.5 Å². The predicted octanol–water partition coefficient (Wildman–Crippen LogP) is 3.89. The number of hydrogen-bond acceptors (Lipinski definition) is 7. The molecule has 0 amide bonds. The summed E-state index contributed by atoms with van der Waals surface area (Å²) in [4.78, 5) is 12.3. The van der Waals surface area contributed by atoms with Gasteiger partial charge in [-0.25, -0.2) is 4.98 Å². The van der Waals surface area contributed by atoms with E-state index in [0.717, 1.165) is 5.75 Å². The van der Waals surface area contributed by atoms with E-state index in [-0.39, 0.29) is 29.1 Å². The molecular weight excluding hydrogens is 368 g/mol. The Labute approximate surface area is 168 Å². The summed E-state index contributed by atoms with van der Waals surface area (Å²) in [5, 5.41) is 19.8. The summed E-state index contributed by atoms with van der Waals surface area (Å²) in [6.45, 7) is 0. The van der Waals surface area contributed by atoms with E-state index in [4.69, 9.17) is 10.5 Å². The van der Waals surface area contributed by atoms with Gasteiger partial charge in [0.1, 0.15) is 17.2 Å². The highest BCUT2D eigenvalue weighted by Gasteiger charge is 2.13. The highest BCUT2D eigenvalue weighted by atomic mass is 16.5. The van der Waals surface area contributed by atoms with Crippen LogP contribution in [0.3, 0.4) is 0 Å². The molecule has 0 unspecified atom stereocenters. The SMILES string of the molecule is COc1ccccc1.Nc1nc(-c2ccccc2O)nc(-c2ccccc2O)n1. The number of phenols is 2. The number of anilines is 1. The highest BCUT2D eigenvalue weighted by Crippen LogP contribution is 2.30. The number of rotatable bonds is 3. The normalized spacial score (nSPS) is 9.97. The Balaban J connectivity index is 0.000000252. The number of benzene rings is 3. The number of methoxy groups -OCH3 is 1. The number of nitrogens with zero attached hydrogens (tertiary/aromatic N) is 3. The topological polar surface area (TPSA) is 114 Å². The molecule has 0 fully saturated rings. The van der Waals surface area contributed by atoms with Crippen molar-refractivity contribution in [3.63, 3.8) is 0 Å². The van der Waals surface area contributed by atoms with Gasteiger partial charge in [0.25, 0.3) is 0 Å². The molecule has 29 heavy (non-hydrogen) atoms. The van der Waals surface area contributed by atoms with Gasteiger partial charge in [-0.15, -0.1) is 0 Å². The Hall–Kier alpha value is -4.13. The molecule has 0 aliphatic heterocycles. The van der Waals surface area contributed by atoms with E-state index in [2.05, 4.69) is 15.0 Å². The average molecular weight is 388 g/mol. The Kier molecular flexibility index (Phi) is 6.22. The number of ether oxygens (including phenoxy) is 1. The van der Waals surface area contributed by atoms with Crippen LogP contribution in [0.2, 0.25) is 0 Å². The molecule has 0 spiro atoms. The predicted molar refractivity (Wildman–Crippen MR) is 111 cm³/mol. The number of nitrogens with two attached hydrogens (primary N) is 1. The van der Waals surface area contributed by atoms with Crippen LogP contribution in [0.1, 0.15) is 0 Å². The largest absolute Gasteiger partial charge is 0.507 e. The van der Waals surface area contributed by atoms with Crippen LogP contribution in [0.4, 0.5) is 5.95 Å². The van der Waals surface area contributed by atoms with Crippen molar-refractivity contribution < 1.29 is 14.9 Å². The average Bonchev–Trinajstić information content (AvgIpc) is 2.75. The van der Waals surface area contributed by atoms with Gasteiger partial charge in [0.2, 0.25) is 5.95 Å². The minimum Gasteiger partial charge on any atom is -0.507 e. The molecule has 0 saturated carbocycles. The summed E-state index contributed by atoms with van der Waals surface area (Å²) >= 11 is 0. The molecule has 0 aliphatic carbocycles. The lowest BCUT2D eigenvalue weighted by atomic mass is 10.1. The Morgan fingerprint density at radius 3 is 1.52 bits per heavy atom. The molecule has 146 valence electrons. The van der Waals surface area contributed by atoms with E-state index in [9.17, 15) is 10.2 Å². The lowest BCUT2D eigenvalue weighted by molar-refractivity contribution is 0.415. The Morgan fingerprint density at radius 1 is 0.655 bits per heavy atom. The molecule has 1 aromatic heterocycles. The Morgan fingerprint density at radius 2 is 1.10 bits per heavy atom. The molecule has 4 rings (SSSR count). The zero-order valence-electron chi connectivity index (χ0n) is 15.7. The lowest BCUT2D eigenvalue weighted by Crippen LogP contribution is -2.02. The van der Waals surface area contributed by atoms with Crippen LogP contribution in [-0.4, -0.2) is 32.3 Å². The third-order valence-corrected chi connectivity index (χ3v) is 3.92. The van der Waals surface area contributed by atoms with Crippen LogP contribution in [-0.2, 0) is 0 Å². The summed E-state index contributed by atoms with van der Waals surface area (Å²) in [6, 6.07) is 23.0. The van der Waals surface area contributed by atoms with Crippen molar-refractivity contribution in [3.05, 3.63) is 78.9 Å². The smallest absolute Gasteiger partial charge is 0.224 e. The maximum absolute atomic E-state index is 9.88. The summed E-state index contributed by atoms with van der Waals surface area (Å²) in [5.74, 6) is 1.52. The maximum atomic E-state index is 9.88. The van der Waals surface area contributed by atoms with Crippen LogP contribution < -0.4 is 10.5 Å². The van der Waals surface area contributed by atoms with Crippen molar-refractivity contribution in [2.75, 3.05) is 12.8 Å². The molecule has 4 N–H and O–H groups in total. The second-order valence-electron chi connectivity index (χ2n) is 5.89. The minimum atomic E-state index is 0.0153. The van der Waals surface area contributed by atoms with E-state index in [0.29, 0.717) is 11.1 Å². The van der Waals surface area contributed by atoms with E-state index >= 15 is 0 Å². The monoisotopic (exact) mass is 388 g/mol. The van der Waals surface area contributed by atoms with Crippen LogP contribution in [0.5, 0.6) is 17.2 Å². The second kappa shape index (κ2) is 9.18. The van der Waals surface area contributed by atoms with Crippen molar-refractivity contribution >= 4 is 5.95 Å². The number of aromatic nitrogens is 3. The number of para-hydroxylation sites is 3. The highest BCUT2D eigenvalue weighted by molar-refractivity contribution is 5.69. The maximum Gasteiger partial charge on any atom is 0.224 e. The zero-order valence-corrected chi connectivity index (χ0v) is 15.7. The van der Waals surface area contributed by atoms with Gasteiger partial charge in [-0.3, -0.25) is 0 Å². The molecular formula is C22H20N4O3. The van der Waals surface area contributed by atoms with Crippen LogP contribution in [0.15, 0.2) is 78.9 Å². The first-order valence-corrected chi connectivity index (χ1v) is 8.76. The molecule has 0 saturated heterocycles. The van der Waals surface area contributed by atoms with Crippen molar-refractivity contribution in [1.82, 2.24) is 15.0 Å². The van der Waals surface area contributed by atoms with Crippen LogP contribution in [0, 0.1) is 0 Å². The van der Waals surface area contributed by atoms with E-state index < -0.39 is 0 Å². The molecule has 7 nitrogen and oxygen atoms in total. The van der Waals surface area contributed by atoms with Gasteiger partial charge in [-0.05, 0) is 36.4 Å². The van der Waals surface area contributed by atoms with Gasteiger partial charge >= 0.3 is 0 Å².